The molecule has 0 spiro atoms. The fraction of sp³-hybridized carbons (Fsp3) is 0.568. The molecule has 0 aliphatic carbocycles. The fourth-order valence-corrected chi connectivity index (χ4v) is 8.53. The Kier molecular flexibility index (Phi) is 17.4. The third-order valence-electron chi connectivity index (χ3n) is 12.3. The van der Waals surface area contributed by atoms with Crippen LogP contribution >= 0.6 is 0 Å². The maximum atomic E-state index is 12.1. The number of hydrogen-bond acceptors (Lipinski definition) is 23. The number of hydrogen-bond donors (Lipinski definition) is 16. The van der Waals surface area contributed by atoms with Gasteiger partial charge in [0.1, 0.15) is 79.3 Å². The van der Waals surface area contributed by atoms with Gasteiger partial charge in [-0.05, 0) is 72.8 Å². The molecule has 4 aliphatic heterocycles. The van der Waals surface area contributed by atoms with E-state index in [1.807, 2.05) is 36.4 Å². The molecule has 19 unspecified atom stereocenters. The summed E-state index contributed by atoms with van der Waals surface area (Å²) < 4.78 is 41.9. The lowest BCUT2D eigenvalue weighted by atomic mass is 9.93. The van der Waals surface area contributed by atoms with E-state index in [1.165, 1.54) is 6.92 Å². The number of ether oxygens (including phenoxy) is 7. The lowest BCUT2D eigenvalue weighted by Crippen LogP contribution is -2.69. The second kappa shape index (κ2) is 23.0. The molecule has 0 radical (unpaired) electrons. The summed E-state index contributed by atoms with van der Waals surface area (Å²) in [6, 6.07) is 16.7. The van der Waals surface area contributed by atoms with Crippen LogP contribution in [-0.4, -0.2) is 201 Å². The minimum absolute atomic E-state index is 0.139. The minimum atomic E-state index is -1.70. The summed E-state index contributed by atoms with van der Waals surface area (Å²) in [5.41, 5.74) is 22.7. The second-order valence-electron chi connectivity index (χ2n) is 17.1. The van der Waals surface area contributed by atoms with Crippen molar-refractivity contribution >= 4 is 40.0 Å². The Morgan fingerprint density at radius 2 is 0.971 bits per heavy atom. The predicted octanol–water partition coefficient (Wildman–Crippen LogP) is -3.80. The summed E-state index contributed by atoms with van der Waals surface area (Å²) in [6.07, 6.45) is -22.1. The van der Waals surface area contributed by atoms with Crippen LogP contribution in [0.2, 0.25) is 0 Å². The summed E-state index contributed by atoms with van der Waals surface area (Å²) in [7, 11) is 0. The Balaban J connectivity index is 1.09. The zero-order chi connectivity index (χ0) is 48.8. The number of carbonyl (C=O) groups is 1. The molecule has 4 aliphatic rings. The van der Waals surface area contributed by atoms with Crippen molar-refractivity contribution in [2.75, 3.05) is 54.7 Å². The van der Waals surface area contributed by atoms with Gasteiger partial charge in [-0.3, -0.25) is 4.79 Å². The molecule has 4 heterocycles. The molecular weight excluding hydrogens is 899 g/mol. The zero-order valence-electron chi connectivity index (χ0n) is 37.0. The van der Waals surface area contributed by atoms with Gasteiger partial charge in [0.05, 0.1) is 51.2 Å². The van der Waals surface area contributed by atoms with Crippen LogP contribution in [0.15, 0.2) is 72.8 Å². The first-order valence-corrected chi connectivity index (χ1v) is 22.2. The molecule has 24 heteroatoms. The van der Waals surface area contributed by atoms with E-state index < -0.39 is 149 Å². The molecule has 0 aromatic heterocycles. The van der Waals surface area contributed by atoms with Gasteiger partial charge in [0.2, 0.25) is 5.91 Å². The third-order valence-corrected chi connectivity index (χ3v) is 12.3. The third kappa shape index (κ3) is 11.8. The SMILES string of the molecule is CC(=O)NC1COC(CO)C(OC2OC(CO)C(OC3OC(CO)C(OC4OC(CO)C(O)C(O)C4N)C(O)C3Nc3ccc(Nc4ccc(Nc5ccc(N)cc5)cc4)cc3)C(O)C2N)C1O. The largest absolute Gasteiger partial charge is 0.399 e. The van der Waals surface area contributed by atoms with E-state index in [9.17, 15) is 50.8 Å². The molecule has 4 saturated heterocycles. The molecule has 19 atom stereocenters. The first-order chi connectivity index (χ1) is 32.6. The number of rotatable bonds is 17. The van der Waals surface area contributed by atoms with Crippen molar-refractivity contribution < 1.29 is 83.9 Å². The monoisotopic (exact) mass is 961 g/mol. The van der Waals surface area contributed by atoms with Gasteiger partial charge in [0.15, 0.2) is 18.9 Å². The van der Waals surface area contributed by atoms with Crippen LogP contribution in [0.4, 0.5) is 34.1 Å². The number of nitrogens with one attached hydrogen (secondary N) is 4. The summed E-state index contributed by atoms with van der Waals surface area (Å²) in [6.45, 7) is -1.77. The van der Waals surface area contributed by atoms with Gasteiger partial charge in [0.25, 0.3) is 0 Å². The van der Waals surface area contributed by atoms with Crippen LogP contribution in [0.1, 0.15) is 6.92 Å². The van der Waals surface area contributed by atoms with Crippen LogP contribution < -0.4 is 38.5 Å². The van der Waals surface area contributed by atoms with E-state index in [1.54, 1.807) is 36.4 Å². The van der Waals surface area contributed by atoms with E-state index in [2.05, 4.69) is 21.3 Å². The van der Waals surface area contributed by atoms with E-state index in [-0.39, 0.29) is 6.61 Å². The van der Waals surface area contributed by atoms with Crippen LogP contribution in [0.25, 0.3) is 0 Å². The average molecular weight is 962 g/mol. The Morgan fingerprint density at radius 3 is 1.47 bits per heavy atom. The van der Waals surface area contributed by atoms with Crippen LogP contribution in [0.5, 0.6) is 0 Å². The van der Waals surface area contributed by atoms with Crippen LogP contribution in [0, 0.1) is 0 Å². The standard InChI is InChI=1S/C44H63N7O17/c1-19(56)48-26-18-62-28(15-53)39(34(26)57)66-43-32(47)37(60)40(29(16-54)64-43)68-44-33(38(61)41(30(17-55)65-44)67-42-31(46)36(59)35(58)27(14-52)63-42)51-25-12-10-24(11-13-25)50-23-8-6-22(7-9-23)49-21-4-2-20(45)3-5-21/h2-13,26-44,49-55,57-61H,14-18,45-47H2,1H3,(H,48,56). The molecule has 3 aromatic carbocycles. The predicted molar refractivity (Wildman–Crippen MR) is 240 cm³/mol. The van der Waals surface area contributed by atoms with Crippen LogP contribution in [0.3, 0.4) is 0 Å². The smallest absolute Gasteiger partial charge is 0.217 e. The highest BCUT2D eigenvalue weighted by atomic mass is 16.8. The fourth-order valence-electron chi connectivity index (χ4n) is 8.53. The molecule has 68 heavy (non-hydrogen) atoms. The molecule has 24 nitrogen and oxygen atoms in total. The van der Waals surface area contributed by atoms with E-state index in [4.69, 9.17) is 50.4 Å². The summed E-state index contributed by atoms with van der Waals surface area (Å²) >= 11 is 0. The van der Waals surface area contributed by atoms with Gasteiger partial charge >= 0.3 is 0 Å². The topological polar surface area (TPSA) is 390 Å². The van der Waals surface area contributed by atoms with E-state index >= 15 is 0 Å². The highest BCUT2D eigenvalue weighted by Crippen LogP contribution is 2.35. The number of nitrogen functional groups attached to an aromatic ring is 1. The number of amides is 1. The Labute approximate surface area is 390 Å². The maximum absolute atomic E-state index is 12.1. The summed E-state index contributed by atoms with van der Waals surface area (Å²) in [4.78, 5) is 11.8. The molecule has 7 rings (SSSR count). The maximum Gasteiger partial charge on any atom is 0.217 e. The van der Waals surface area contributed by atoms with Crippen molar-refractivity contribution in [1.29, 1.82) is 0 Å². The number of aliphatic hydroxyl groups is 9. The minimum Gasteiger partial charge on any atom is -0.399 e. The quantitative estimate of drug-likeness (QED) is 0.0577. The number of anilines is 6. The highest BCUT2D eigenvalue weighted by molar-refractivity contribution is 5.73. The Bertz CT molecular complexity index is 2050. The van der Waals surface area contributed by atoms with Crippen molar-refractivity contribution in [3.63, 3.8) is 0 Å². The van der Waals surface area contributed by atoms with E-state index in [0.717, 1.165) is 17.1 Å². The van der Waals surface area contributed by atoms with Gasteiger partial charge in [0, 0.05) is 41.0 Å². The van der Waals surface area contributed by atoms with Gasteiger partial charge in [-0.1, -0.05) is 0 Å². The number of carbonyl (C=O) groups excluding carboxylic acids is 1. The van der Waals surface area contributed by atoms with Gasteiger partial charge < -0.3 is 118 Å². The average Bonchev–Trinajstić information content (AvgIpc) is 3.33. The highest BCUT2D eigenvalue weighted by Gasteiger charge is 2.54. The van der Waals surface area contributed by atoms with Gasteiger partial charge in [-0.2, -0.15) is 0 Å². The second-order valence-corrected chi connectivity index (χ2v) is 17.1. The number of benzene rings is 3. The van der Waals surface area contributed by atoms with Gasteiger partial charge in [-0.15, -0.1) is 0 Å². The van der Waals surface area contributed by atoms with Crippen molar-refractivity contribution in [1.82, 2.24) is 5.32 Å². The van der Waals surface area contributed by atoms with Gasteiger partial charge in [-0.25, -0.2) is 0 Å². The van der Waals surface area contributed by atoms with Crippen molar-refractivity contribution in [3.05, 3.63) is 72.8 Å². The van der Waals surface area contributed by atoms with Crippen molar-refractivity contribution in [2.24, 2.45) is 11.5 Å². The number of aliphatic hydroxyl groups excluding tert-OH is 9. The lowest BCUT2D eigenvalue weighted by molar-refractivity contribution is -0.354. The Hall–Kier alpha value is -4.39. The molecule has 0 saturated carbocycles. The molecule has 1 amide bonds. The lowest BCUT2D eigenvalue weighted by Gasteiger charge is -2.50. The molecule has 19 N–H and O–H groups in total. The summed E-state index contributed by atoms with van der Waals surface area (Å²) in [5, 5.41) is 109. The summed E-state index contributed by atoms with van der Waals surface area (Å²) in [5.74, 6) is -0.458. The van der Waals surface area contributed by atoms with E-state index in [0.29, 0.717) is 17.1 Å². The molecule has 4 fully saturated rings. The first-order valence-electron chi connectivity index (χ1n) is 22.2. The van der Waals surface area contributed by atoms with Crippen molar-refractivity contribution in [3.8, 4) is 0 Å². The Morgan fingerprint density at radius 1 is 0.559 bits per heavy atom. The molecule has 0 bridgehead atoms. The van der Waals surface area contributed by atoms with Crippen molar-refractivity contribution in [2.45, 2.75) is 123 Å². The normalized spacial score (nSPS) is 37.5. The molecule has 3 aromatic rings. The zero-order valence-corrected chi connectivity index (χ0v) is 37.0. The first kappa shape index (κ1) is 51.5. The molecule has 376 valence electrons. The number of nitrogens with two attached hydrogens (primary N) is 3. The molecular formula is C44H63N7O17. The van der Waals surface area contributed by atoms with Crippen LogP contribution in [-0.2, 0) is 38.0 Å².